The number of hydrogen-bond donors (Lipinski definition) is 2. The lowest BCUT2D eigenvalue weighted by Gasteiger charge is -2.13. The van der Waals surface area contributed by atoms with Gasteiger partial charge in [-0.15, -0.1) is 5.10 Å². The SMILES string of the molecule is Cc1ccc(-c2cc(C(=O)NC(C)CO)cc(-n3cnnn3)c2)cc1. The lowest BCUT2D eigenvalue weighted by Crippen LogP contribution is -2.35. The Kier molecular flexibility index (Phi) is 4.85. The monoisotopic (exact) mass is 337 g/mol. The molecule has 1 unspecified atom stereocenters. The number of aromatic nitrogens is 4. The first kappa shape index (κ1) is 16.8. The van der Waals surface area contributed by atoms with E-state index in [4.69, 9.17) is 5.11 Å². The molecule has 128 valence electrons. The van der Waals surface area contributed by atoms with Crippen molar-refractivity contribution in [2.75, 3.05) is 6.61 Å². The maximum Gasteiger partial charge on any atom is 0.251 e. The molecular weight excluding hydrogens is 318 g/mol. The first-order chi connectivity index (χ1) is 12.1. The van der Waals surface area contributed by atoms with Gasteiger partial charge in [-0.1, -0.05) is 29.8 Å². The predicted octanol–water partition coefficient (Wildman–Crippen LogP) is 1.75. The van der Waals surface area contributed by atoms with Crippen LogP contribution in [0, 0.1) is 6.92 Å². The van der Waals surface area contributed by atoms with E-state index in [1.165, 1.54) is 11.0 Å². The van der Waals surface area contributed by atoms with E-state index in [9.17, 15) is 4.79 Å². The van der Waals surface area contributed by atoms with Crippen molar-refractivity contribution in [2.24, 2.45) is 0 Å². The van der Waals surface area contributed by atoms with Crippen LogP contribution in [0.3, 0.4) is 0 Å². The average Bonchev–Trinajstić information content (AvgIpc) is 3.16. The van der Waals surface area contributed by atoms with Gasteiger partial charge in [0.05, 0.1) is 12.3 Å². The Hall–Kier alpha value is -3.06. The van der Waals surface area contributed by atoms with Gasteiger partial charge in [0.25, 0.3) is 5.91 Å². The lowest BCUT2D eigenvalue weighted by molar-refractivity contribution is 0.0922. The third-order valence-corrected chi connectivity index (χ3v) is 3.83. The van der Waals surface area contributed by atoms with Gasteiger partial charge in [-0.3, -0.25) is 4.79 Å². The van der Waals surface area contributed by atoms with Gasteiger partial charge in [0.15, 0.2) is 0 Å². The predicted molar refractivity (Wildman–Crippen MR) is 93.3 cm³/mol. The first-order valence-electron chi connectivity index (χ1n) is 7.94. The molecule has 1 atom stereocenters. The number of tetrazole rings is 1. The minimum Gasteiger partial charge on any atom is -0.394 e. The van der Waals surface area contributed by atoms with Crippen LogP contribution in [0.4, 0.5) is 0 Å². The molecule has 1 aromatic heterocycles. The van der Waals surface area contributed by atoms with E-state index in [0.717, 1.165) is 16.7 Å². The van der Waals surface area contributed by atoms with E-state index in [2.05, 4.69) is 20.8 Å². The molecule has 0 spiro atoms. The molecule has 1 heterocycles. The van der Waals surface area contributed by atoms with Crippen molar-refractivity contribution in [1.82, 2.24) is 25.5 Å². The van der Waals surface area contributed by atoms with Gasteiger partial charge in [-0.25, -0.2) is 4.68 Å². The van der Waals surface area contributed by atoms with E-state index in [-0.39, 0.29) is 18.6 Å². The second-order valence-electron chi connectivity index (χ2n) is 5.95. The van der Waals surface area contributed by atoms with Crippen LogP contribution < -0.4 is 5.32 Å². The van der Waals surface area contributed by atoms with Crippen molar-refractivity contribution in [3.8, 4) is 16.8 Å². The van der Waals surface area contributed by atoms with Crippen molar-refractivity contribution in [3.05, 3.63) is 59.9 Å². The van der Waals surface area contributed by atoms with E-state index in [0.29, 0.717) is 11.3 Å². The number of amides is 1. The highest BCUT2D eigenvalue weighted by molar-refractivity contribution is 5.96. The van der Waals surface area contributed by atoms with Gasteiger partial charge in [-0.05, 0) is 53.6 Å². The molecule has 1 amide bonds. The summed E-state index contributed by atoms with van der Waals surface area (Å²) in [5.74, 6) is -0.259. The number of aliphatic hydroxyl groups excluding tert-OH is 1. The molecule has 7 heteroatoms. The number of aryl methyl sites for hydroxylation is 1. The number of rotatable bonds is 5. The first-order valence-corrected chi connectivity index (χ1v) is 7.94. The Labute approximate surface area is 145 Å². The quantitative estimate of drug-likeness (QED) is 0.740. The summed E-state index contributed by atoms with van der Waals surface area (Å²) in [5.41, 5.74) is 4.20. The van der Waals surface area contributed by atoms with Crippen LogP contribution in [-0.4, -0.2) is 43.9 Å². The van der Waals surface area contributed by atoms with Crippen molar-refractivity contribution in [2.45, 2.75) is 19.9 Å². The number of hydrogen-bond acceptors (Lipinski definition) is 5. The lowest BCUT2D eigenvalue weighted by atomic mass is 10.0. The Morgan fingerprint density at radius 1 is 1.20 bits per heavy atom. The fourth-order valence-electron chi connectivity index (χ4n) is 2.42. The molecule has 2 N–H and O–H groups in total. The second kappa shape index (κ2) is 7.23. The van der Waals surface area contributed by atoms with Gasteiger partial charge in [0, 0.05) is 11.6 Å². The molecule has 0 aliphatic carbocycles. The van der Waals surface area contributed by atoms with E-state index >= 15 is 0 Å². The maximum absolute atomic E-state index is 12.5. The molecule has 0 aliphatic rings. The zero-order valence-electron chi connectivity index (χ0n) is 14.0. The van der Waals surface area contributed by atoms with Gasteiger partial charge >= 0.3 is 0 Å². The molecule has 3 rings (SSSR count). The zero-order chi connectivity index (χ0) is 17.8. The highest BCUT2D eigenvalue weighted by Gasteiger charge is 2.13. The summed E-state index contributed by atoms with van der Waals surface area (Å²) in [5, 5.41) is 23.1. The highest BCUT2D eigenvalue weighted by Crippen LogP contribution is 2.24. The standard InChI is InChI=1S/C18H19N5O2/c1-12-3-5-14(6-4-12)15-7-16(18(25)20-13(2)10-24)9-17(8-15)23-11-19-21-22-23/h3-9,11,13,24H,10H2,1-2H3,(H,20,25). The third kappa shape index (κ3) is 3.89. The summed E-state index contributed by atoms with van der Waals surface area (Å²) in [6.07, 6.45) is 1.48. The largest absolute Gasteiger partial charge is 0.394 e. The van der Waals surface area contributed by atoms with Crippen molar-refractivity contribution in [1.29, 1.82) is 0 Å². The third-order valence-electron chi connectivity index (χ3n) is 3.83. The van der Waals surface area contributed by atoms with Crippen molar-refractivity contribution >= 4 is 5.91 Å². The minimum absolute atomic E-state index is 0.122. The highest BCUT2D eigenvalue weighted by atomic mass is 16.3. The molecule has 0 aliphatic heterocycles. The number of carbonyl (C=O) groups excluding carboxylic acids is 1. The topological polar surface area (TPSA) is 92.9 Å². The summed E-state index contributed by atoms with van der Waals surface area (Å²) in [7, 11) is 0. The molecule has 0 radical (unpaired) electrons. The summed E-state index contributed by atoms with van der Waals surface area (Å²) in [6, 6.07) is 13.2. The van der Waals surface area contributed by atoms with Crippen LogP contribution in [0.5, 0.6) is 0 Å². The van der Waals surface area contributed by atoms with E-state index < -0.39 is 0 Å². The van der Waals surface area contributed by atoms with Crippen molar-refractivity contribution < 1.29 is 9.90 Å². The summed E-state index contributed by atoms with van der Waals surface area (Å²) in [6.45, 7) is 3.64. The van der Waals surface area contributed by atoms with Gasteiger partial charge < -0.3 is 10.4 Å². The fraction of sp³-hybridized carbons (Fsp3) is 0.222. The van der Waals surface area contributed by atoms with E-state index in [1.54, 1.807) is 13.0 Å². The summed E-state index contributed by atoms with van der Waals surface area (Å²) >= 11 is 0. The van der Waals surface area contributed by atoms with Crippen LogP contribution in [0.1, 0.15) is 22.8 Å². The van der Waals surface area contributed by atoms with Crippen molar-refractivity contribution in [3.63, 3.8) is 0 Å². The molecular formula is C18H19N5O2. The molecule has 7 nitrogen and oxygen atoms in total. The van der Waals surface area contributed by atoms with Gasteiger partial charge in [0.2, 0.25) is 0 Å². The van der Waals surface area contributed by atoms with E-state index in [1.807, 2.05) is 43.3 Å². The number of nitrogens with zero attached hydrogens (tertiary/aromatic N) is 4. The normalized spacial score (nSPS) is 12.0. The van der Waals surface area contributed by atoms with Gasteiger partial charge in [-0.2, -0.15) is 0 Å². The Morgan fingerprint density at radius 2 is 1.96 bits per heavy atom. The van der Waals surface area contributed by atoms with Crippen LogP contribution >= 0.6 is 0 Å². The van der Waals surface area contributed by atoms with Crippen LogP contribution in [0.2, 0.25) is 0 Å². The number of nitrogens with one attached hydrogen (secondary N) is 1. The maximum atomic E-state index is 12.5. The second-order valence-corrected chi connectivity index (χ2v) is 5.95. The summed E-state index contributed by atoms with van der Waals surface area (Å²) in [4.78, 5) is 12.5. The van der Waals surface area contributed by atoms with Crippen LogP contribution in [0.15, 0.2) is 48.8 Å². The smallest absolute Gasteiger partial charge is 0.251 e. The Balaban J connectivity index is 2.05. The molecule has 0 bridgehead atoms. The molecule has 0 fully saturated rings. The fourth-order valence-corrected chi connectivity index (χ4v) is 2.42. The summed E-state index contributed by atoms with van der Waals surface area (Å²) < 4.78 is 1.50. The van der Waals surface area contributed by atoms with Crippen LogP contribution in [-0.2, 0) is 0 Å². The average molecular weight is 337 g/mol. The molecule has 0 saturated carbocycles. The molecule has 25 heavy (non-hydrogen) atoms. The molecule has 3 aromatic rings. The Morgan fingerprint density at radius 3 is 2.60 bits per heavy atom. The van der Waals surface area contributed by atoms with Gasteiger partial charge in [0.1, 0.15) is 6.33 Å². The number of aliphatic hydroxyl groups is 1. The zero-order valence-corrected chi connectivity index (χ0v) is 14.0. The van der Waals surface area contributed by atoms with Crippen LogP contribution in [0.25, 0.3) is 16.8 Å². The Bertz CT molecular complexity index is 860. The molecule has 2 aromatic carbocycles. The molecule has 0 saturated heterocycles. The minimum atomic E-state index is -0.327. The number of carbonyl (C=O) groups is 1. The number of benzene rings is 2.